The molecule has 4 rings (SSSR count). The molecule has 1 aliphatic heterocycles. The zero-order chi connectivity index (χ0) is 19.9. The first kappa shape index (κ1) is 19.7. The Morgan fingerprint density at radius 1 is 0.931 bits per heavy atom. The summed E-state index contributed by atoms with van der Waals surface area (Å²) in [4.78, 5) is 17.7. The van der Waals surface area contributed by atoms with Crippen molar-refractivity contribution >= 4 is 23.4 Å². The summed E-state index contributed by atoms with van der Waals surface area (Å²) in [5, 5.41) is 3.20. The Bertz CT molecular complexity index is 930. The molecule has 3 aromatic rings. The minimum atomic E-state index is 0.0299. The lowest BCUT2D eigenvalue weighted by Gasteiger charge is -2.32. The predicted molar refractivity (Wildman–Crippen MR) is 120 cm³/mol. The van der Waals surface area contributed by atoms with Gasteiger partial charge in [-0.1, -0.05) is 72.4 Å². The van der Waals surface area contributed by atoms with Crippen molar-refractivity contribution in [3.63, 3.8) is 0 Å². The first-order valence-corrected chi connectivity index (χ1v) is 11.0. The van der Waals surface area contributed by atoms with Crippen LogP contribution in [0.4, 0.5) is 5.69 Å². The van der Waals surface area contributed by atoms with Crippen molar-refractivity contribution in [2.75, 3.05) is 18.4 Å². The van der Waals surface area contributed by atoms with E-state index in [0.29, 0.717) is 0 Å². The SMILES string of the molecule is O=C(Nc1ccccc1Sc1ccccc1)[C@H]1CCCN(Cc2ccccc2)C1. The summed E-state index contributed by atoms with van der Waals surface area (Å²) in [7, 11) is 0. The zero-order valence-electron chi connectivity index (χ0n) is 16.5. The Kier molecular flexibility index (Phi) is 6.65. The van der Waals surface area contributed by atoms with Crippen molar-refractivity contribution in [1.82, 2.24) is 4.90 Å². The van der Waals surface area contributed by atoms with Gasteiger partial charge >= 0.3 is 0 Å². The number of benzene rings is 3. The van der Waals surface area contributed by atoms with Gasteiger partial charge in [-0.25, -0.2) is 0 Å². The van der Waals surface area contributed by atoms with E-state index >= 15 is 0 Å². The standard InChI is InChI=1S/C25H26N2OS/c28-25(21-12-9-17-27(19-21)18-20-10-3-1-4-11-20)26-23-15-7-8-16-24(23)29-22-13-5-2-6-14-22/h1-8,10-11,13-16,21H,9,12,17-19H2,(H,26,28)/t21-/m0/s1. The van der Waals surface area contributed by atoms with Crippen LogP contribution in [0.1, 0.15) is 18.4 Å². The van der Waals surface area contributed by atoms with Crippen LogP contribution >= 0.6 is 11.8 Å². The fourth-order valence-electron chi connectivity index (χ4n) is 3.76. The number of piperidine rings is 1. The quantitative estimate of drug-likeness (QED) is 0.575. The van der Waals surface area contributed by atoms with E-state index in [9.17, 15) is 4.79 Å². The number of hydrogen-bond acceptors (Lipinski definition) is 3. The molecule has 0 radical (unpaired) electrons. The van der Waals surface area contributed by atoms with E-state index in [1.165, 1.54) is 10.5 Å². The van der Waals surface area contributed by atoms with Gasteiger partial charge in [-0.05, 0) is 49.2 Å². The number of amides is 1. The molecule has 1 amide bonds. The molecule has 0 aliphatic carbocycles. The molecular weight excluding hydrogens is 376 g/mol. The van der Waals surface area contributed by atoms with Gasteiger partial charge in [0.05, 0.1) is 11.6 Å². The van der Waals surface area contributed by atoms with Crippen LogP contribution in [-0.2, 0) is 11.3 Å². The van der Waals surface area contributed by atoms with E-state index in [4.69, 9.17) is 0 Å². The van der Waals surface area contributed by atoms with Crippen LogP contribution in [0.3, 0.4) is 0 Å². The third kappa shape index (κ3) is 5.49. The second kappa shape index (κ2) is 9.77. The second-order valence-corrected chi connectivity index (χ2v) is 8.58. The van der Waals surface area contributed by atoms with Gasteiger partial charge < -0.3 is 5.32 Å². The molecule has 0 bridgehead atoms. The van der Waals surface area contributed by atoms with Crippen molar-refractivity contribution < 1.29 is 4.79 Å². The summed E-state index contributed by atoms with van der Waals surface area (Å²) in [6.07, 6.45) is 2.01. The maximum Gasteiger partial charge on any atom is 0.228 e. The number of likely N-dealkylation sites (tertiary alicyclic amines) is 1. The number of carbonyl (C=O) groups excluding carboxylic acids is 1. The van der Waals surface area contributed by atoms with Gasteiger partial charge in [0.25, 0.3) is 0 Å². The minimum absolute atomic E-state index is 0.0299. The maximum absolute atomic E-state index is 13.0. The Morgan fingerprint density at radius 2 is 1.62 bits per heavy atom. The van der Waals surface area contributed by atoms with Crippen LogP contribution in [0.25, 0.3) is 0 Å². The number of rotatable bonds is 6. The van der Waals surface area contributed by atoms with Gasteiger partial charge in [0, 0.05) is 22.9 Å². The van der Waals surface area contributed by atoms with E-state index in [1.807, 2.05) is 42.5 Å². The first-order valence-electron chi connectivity index (χ1n) is 10.2. The smallest absolute Gasteiger partial charge is 0.228 e. The topological polar surface area (TPSA) is 32.3 Å². The van der Waals surface area contributed by atoms with E-state index in [2.05, 4.69) is 52.7 Å². The number of para-hydroxylation sites is 1. The maximum atomic E-state index is 13.0. The largest absolute Gasteiger partial charge is 0.325 e. The van der Waals surface area contributed by atoms with E-state index in [-0.39, 0.29) is 11.8 Å². The lowest BCUT2D eigenvalue weighted by molar-refractivity contribution is -0.121. The molecule has 0 aromatic heterocycles. The Morgan fingerprint density at radius 3 is 2.41 bits per heavy atom. The zero-order valence-corrected chi connectivity index (χ0v) is 17.3. The minimum Gasteiger partial charge on any atom is -0.325 e. The molecule has 4 heteroatoms. The van der Waals surface area contributed by atoms with Crippen LogP contribution in [-0.4, -0.2) is 23.9 Å². The number of carbonyl (C=O) groups is 1. The lowest BCUT2D eigenvalue weighted by Crippen LogP contribution is -2.40. The number of anilines is 1. The van der Waals surface area contributed by atoms with Gasteiger partial charge in [0.15, 0.2) is 0 Å². The molecule has 1 N–H and O–H groups in total. The summed E-state index contributed by atoms with van der Waals surface area (Å²) in [5.41, 5.74) is 2.20. The number of nitrogens with zero attached hydrogens (tertiary/aromatic N) is 1. The molecule has 148 valence electrons. The van der Waals surface area contributed by atoms with E-state index in [1.54, 1.807) is 11.8 Å². The molecular formula is C25H26N2OS. The molecule has 1 aliphatic rings. The normalized spacial score (nSPS) is 17.0. The molecule has 1 fully saturated rings. The van der Waals surface area contributed by atoms with Crippen LogP contribution in [0, 0.1) is 5.92 Å². The predicted octanol–water partition coefficient (Wildman–Crippen LogP) is 5.69. The fraction of sp³-hybridized carbons (Fsp3) is 0.240. The number of hydrogen-bond donors (Lipinski definition) is 1. The van der Waals surface area contributed by atoms with Gasteiger partial charge in [0.1, 0.15) is 0 Å². The Labute approximate surface area is 177 Å². The van der Waals surface area contributed by atoms with Crippen LogP contribution in [0.2, 0.25) is 0 Å². The van der Waals surface area contributed by atoms with Crippen molar-refractivity contribution in [1.29, 1.82) is 0 Å². The van der Waals surface area contributed by atoms with Gasteiger partial charge in [0.2, 0.25) is 5.91 Å². The van der Waals surface area contributed by atoms with E-state index in [0.717, 1.165) is 43.1 Å². The molecule has 1 heterocycles. The lowest BCUT2D eigenvalue weighted by atomic mass is 9.96. The van der Waals surface area contributed by atoms with Gasteiger partial charge in [-0.3, -0.25) is 9.69 Å². The molecule has 1 saturated heterocycles. The number of nitrogens with one attached hydrogen (secondary N) is 1. The van der Waals surface area contributed by atoms with Gasteiger partial charge in [-0.15, -0.1) is 0 Å². The first-order chi connectivity index (χ1) is 14.3. The molecule has 0 saturated carbocycles. The third-order valence-corrected chi connectivity index (χ3v) is 6.33. The highest BCUT2D eigenvalue weighted by Gasteiger charge is 2.26. The van der Waals surface area contributed by atoms with E-state index < -0.39 is 0 Å². The van der Waals surface area contributed by atoms with Gasteiger partial charge in [-0.2, -0.15) is 0 Å². The van der Waals surface area contributed by atoms with Crippen molar-refractivity contribution in [2.24, 2.45) is 5.92 Å². The Hall–Kier alpha value is -2.56. The molecule has 3 nitrogen and oxygen atoms in total. The average molecular weight is 403 g/mol. The van der Waals surface area contributed by atoms with Crippen LogP contribution in [0.15, 0.2) is 94.7 Å². The highest BCUT2D eigenvalue weighted by Crippen LogP contribution is 2.33. The highest BCUT2D eigenvalue weighted by molar-refractivity contribution is 7.99. The third-order valence-electron chi connectivity index (χ3n) is 5.24. The van der Waals surface area contributed by atoms with Crippen molar-refractivity contribution in [3.05, 3.63) is 90.5 Å². The molecule has 3 aromatic carbocycles. The summed E-state index contributed by atoms with van der Waals surface area (Å²) in [5.74, 6) is 0.158. The highest BCUT2D eigenvalue weighted by atomic mass is 32.2. The summed E-state index contributed by atoms with van der Waals surface area (Å²) in [6.45, 7) is 2.78. The summed E-state index contributed by atoms with van der Waals surface area (Å²) in [6, 6.07) is 28.8. The van der Waals surface area contributed by atoms with Crippen molar-refractivity contribution in [3.8, 4) is 0 Å². The van der Waals surface area contributed by atoms with Crippen molar-refractivity contribution in [2.45, 2.75) is 29.2 Å². The molecule has 29 heavy (non-hydrogen) atoms. The monoisotopic (exact) mass is 402 g/mol. The molecule has 0 unspecified atom stereocenters. The summed E-state index contributed by atoms with van der Waals surface area (Å²) < 4.78 is 0. The average Bonchev–Trinajstić information content (AvgIpc) is 2.77. The molecule has 0 spiro atoms. The van der Waals surface area contributed by atoms with Crippen LogP contribution in [0.5, 0.6) is 0 Å². The molecule has 1 atom stereocenters. The van der Waals surface area contributed by atoms with Crippen LogP contribution < -0.4 is 5.32 Å². The fourth-order valence-corrected chi connectivity index (χ4v) is 4.69. The Balaban J connectivity index is 1.40. The second-order valence-electron chi connectivity index (χ2n) is 7.46. The summed E-state index contributed by atoms with van der Waals surface area (Å²) >= 11 is 1.68.